The number of hydrogen-bond acceptors (Lipinski definition) is 5. The van der Waals surface area contributed by atoms with Crippen LogP contribution in [0.2, 0.25) is 0 Å². The van der Waals surface area contributed by atoms with E-state index in [0.29, 0.717) is 11.9 Å². The number of halogens is 2. The summed E-state index contributed by atoms with van der Waals surface area (Å²) in [6.07, 6.45) is 0.709. The summed E-state index contributed by atoms with van der Waals surface area (Å²) in [5, 5.41) is 2.73. The number of nitrogens with one attached hydrogen (secondary N) is 1. The van der Waals surface area contributed by atoms with E-state index in [1.165, 1.54) is 12.1 Å². The summed E-state index contributed by atoms with van der Waals surface area (Å²) in [5.41, 5.74) is 1.99. The lowest BCUT2D eigenvalue weighted by atomic mass is 10.1. The molecule has 180 valence electrons. The number of para-hydroxylation sites is 3. The molecule has 1 heterocycles. The van der Waals surface area contributed by atoms with Crippen LogP contribution in [0.15, 0.2) is 72.8 Å². The first-order chi connectivity index (χ1) is 17.0. The van der Waals surface area contributed by atoms with Crippen molar-refractivity contribution in [1.82, 2.24) is 9.55 Å². The molecule has 0 aliphatic heterocycles. The second-order valence-electron chi connectivity index (χ2n) is 7.68. The fourth-order valence-electron chi connectivity index (χ4n) is 3.65. The third-order valence-electron chi connectivity index (χ3n) is 5.42. The van der Waals surface area contributed by atoms with Gasteiger partial charge in [0, 0.05) is 6.42 Å². The van der Waals surface area contributed by atoms with Crippen molar-refractivity contribution in [1.29, 1.82) is 0 Å². The molecule has 7 nitrogen and oxygen atoms in total. The van der Waals surface area contributed by atoms with Gasteiger partial charge in [-0.3, -0.25) is 9.36 Å². The van der Waals surface area contributed by atoms with E-state index < -0.39 is 19.1 Å². The minimum atomic E-state index is -2.84. The van der Waals surface area contributed by atoms with Crippen LogP contribution in [-0.2, 0) is 22.6 Å². The first-order valence-corrected chi connectivity index (χ1v) is 10.9. The molecule has 0 unspecified atom stereocenters. The summed E-state index contributed by atoms with van der Waals surface area (Å²) in [6.45, 7) is -3.29. The smallest absolute Gasteiger partial charge is 0.340 e. The number of carbonyl (C=O) groups excluding carboxylic acids is 2. The zero-order valence-electron chi connectivity index (χ0n) is 18.9. The van der Waals surface area contributed by atoms with Crippen molar-refractivity contribution in [3.05, 3.63) is 89.7 Å². The molecule has 4 rings (SSSR count). The van der Waals surface area contributed by atoms with Gasteiger partial charge in [-0.05, 0) is 48.4 Å². The molecule has 9 heteroatoms. The van der Waals surface area contributed by atoms with E-state index in [2.05, 4.69) is 10.3 Å². The third kappa shape index (κ3) is 5.63. The standard InChI is InChI=1S/C26H23F2N3O4/c1-34-18-13-10-17(11-14-18)12-15-24(32)30-20-7-3-2-6-19(20)25(33)35-16-23-29-21-8-4-5-9-22(21)31(23)26(27)28/h2-11,13-14,26H,12,15-16H2,1H3,(H,30,32). The molecule has 0 aliphatic carbocycles. The lowest BCUT2D eigenvalue weighted by molar-refractivity contribution is -0.116. The van der Waals surface area contributed by atoms with E-state index in [1.807, 2.05) is 24.3 Å². The Morgan fingerprint density at radius 1 is 1.00 bits per heavy atom. The monoisotopic (exact) mass is 479 g/mol. The van der Waals surface area contributed by atoms with Gasteiger partial charge >= 0.3 is 12.5 Å². The van der Waals surface area contributed by atoms with Crippen molar-refractivity contribution < 1.29 is 27.8 Å². The molecular weight excluding hydrogens is 456 g/mol. The maximum atomic E-state index is 13.6. The van der Waals surface area contributed by atoms with Crippen LogP contribution in [0.5, 0.6) is 5.75 Å². The molecule has 1 amide bonds. The van der Waals surface area contributed by atoms with Crippen LogP contribution in [-0.4, -0.2) is 28.5 Å². The number of methoxy groups -OCH3 is 1. The average molecular weight is 479 g/mol. The highest BCUT2D eigenvalue weighted by Gasteiger charge is 2.20. The number of ether oxygens (including phenoxy) is 2. The van der Waals surface area contributed by atoms with Gasteiger partial charge in [0.05, 0.1) is 29.4 Å². The minimum absolute atomic E-state index is 0.0736. The van der Waals surface area contributed by atoms with Crippen LogP contribution < -0.4 is 10.1 Å². The molecule has 35 heavy (non-hydrogen) atoms. The number of aryl methyl sites for hydroxylation is 1. The quantitative estimate of drug-likeness (QED) is 0.327. The molecule has 0 bridgehead atoms. The predicted octanol–water partition coefficient (Wildman–Crippen LogP) is 5.37. The number of carbonyl (C=O) groups is 2. The molecule has 1 aromatic heterocycles. The van der Waals surface area contributed by atoms with Crippen LogP contribution in [0, 0.1) is 0 Å². The Morgan fingerprint density at radius 3 is 2.46 bits per heavy atom. The molecule has 0 saturated carbocycles. The normalized spacial score (nSPS) is 11.0. The number of benzene rings is 3. The lowest BCUT2D eigenvalue weighted by Crippen LogP contribution is -2.16. The summed E-state index contributed by atoms with van der Waals surface area (Å²) < 4.78 is 38.4. The maximum Gasteiger partial charge on any atom is 0.340 e. The van der Waals surface area contributed by atoms with E-state index in [-0.39, 0.29) is 34.9 Å². The lowest BCUT2D eigenvalue weighted by Gasteiger charge is -2.12. The fourth-order valence-corrected chi connectivity index (χ4v) is 3.65. The van der Waals surface area contributed by atoms with Crippen LogP contribution >= 0.6 is 0 Å². The number of esters is 1. The minimum Gasteiger partial charge on any atom is -0.497 e. The van der Waals surface area contributed by atoms with Crippen molar-refractivity contribution in [2.45, 2.75) is 26.0 Å². The van der Waals surface area contributed by atoms with E-state index >= 15 is 0 Å². The Bertz CT molecular complexity index is 1340. The van der Waals surface area contributed by atoms with Gasteiger partial charge in [0.1, 0.15) is 12.4 Å². The number of alkyl halides is 2. The predicted molar refractivity (Wildman–Crippen MR) is 126 cm³/mol. The fraction of sp³-hybridized carbons (Fsp3) is 0.192. The molecule has 0 fully saturated rings. The zero-order chi connectivity index (χ0) is 24.8. The number of amides is 1. The van der Waals surface area contributed by atoms with Crippen molar-refractivity contribution in [3.63, 3.8) is 0 Å². The van der Waals surface area contributed by atoms with E-state index in [0.717, 1.165) is 15.9 Å². The van der Waals surface area contributed by atoms with Crippen LogP contribution in [0.25, 0.3) is 11.0 Å². The second kappa shape index (κ2) is 10.8. The number of anilines is 1. The summed E-state index contributed by atoms with van der Waals surface area (Å²) in [7, 11) is 1.58. The van der Waals surface area contributed by atoms with E-state index in [9.17, 15) is 18.4 Å². The van der Waals surface area contributed by atoms with Gasteiger partial charge < -0.3 is 14.8 Å². The summed E-state index contributed by atoms with van der Waals surface area (Å²) in [5.74, 6) is -0.380. The van der Waals surface area contributed by atoms with Gasteiger partial charge in [0.15, 0.2) is 5.82 Å². The van der Waals surface area contributed by atoms with Gasteiger partial charge in [-0.2, -0.15) is 8.78 Å². The summed E-state index contributed by atoms with van der Waals surface area (Å²) in [4.78, 5) is 29.4. The highest BCUT2D eigenvalue weighted by atomic mass is 19.3. The molecular formula is C26H23F2N3O4. The van der Waals surface area contributed by atoms with Gasteiger partial charge in [-0.25, -0.2) is 9.78 Å². The van der Waals surface area contributed by atoms with Crippen molar-refractivity contribution in [2.24, 2.45) is 0 Å². The first kappa shape index (κ1) is 23.9. The number of nitrogens with zero attached hydrogens (tertiary/aromatic N) is 2. The zero-order valence-corrected chi connectivity index (χ0v) is 18.9. The number of fused-ring (bicyclic) bond motifs is 1. The number of imidazole rings is 1. The average Bonchev–Trinajstić information content (AvgIpc) is 3.25. The Balaban J connectivity index is 1.41. The highest BCUT2D eigenvalue weighted by molar-refractivity contribution is 6.01. The van der Waals surface area contributed by atoms with Crippen molar-refractivity contribution in [3.8, 4) is 5.75 Å². The van der Waals surface area contributed by atoms with Crippen molar-refractivity contribution >= 4 is 28.6 Å². The molecule has 3 aromatic carbocycles. The number of rotatable bonds is 9. The molecule has 4 aromatic rings. The topological polar surface area (TPSA) is 82.4 Å². The second-order valence-corrected chi connectivity index (χ2v) is 7.68. The Labute approximate surface area is 200 Å². The largest absolute Gasteiger partial charge is 0.497 e. The molecule has 1 N–H and O–H groups in total. The molecule has 0 aliphatic rings. The number of aromatic nitrogens is 2. The van der Waals surface area contributed by atoms with Crippen molar-refractivity contribution in [2.75, 3.05) is 12.4 Å². The molecule has 0 radical (unpaired) electrons. The molecule has 0 atom stereocenters. The third-order valence-corrected chi connectivity index (χ3v) is 5.42. The Kier molecular flexibility index (Phi) is 7.35. The van der Waals surface area contributed by atoms with E-state index in [1.54, 1.807) is 43.5 Å². The highest BCUT2D eigenvalue weighted by Crippen LogP contribution is 2.24. The SMILES string of the molecule is COc1ccc(CCC(=O)Nc2ccccc2C(=O)OCc2nc3ccccc3n2C(F)F)cc1. The molecule has 0 spiro atoms. The van der Waals surface area contributed by atoms with Gasteiger partial charge in [-0.15, -0.1) is 0 Å². The first-order valence-electron chi connectivity index (χ1n) is 10.9. The van der Waals surface area contributed by atoms with Gasteiger partial charge in [0.2, 0.25) is 5.91 Å². The van der Waals surface area contributed by atoms with E-state index in [4.69, 9.17) is 9.47 Å². The number of hydrogen-bond donors (Lipinski definition) is 1. The maximum absolute atomic E-state index is 13.6. The van der Waals surface area contributed by atoms with Crippen LogP contribution in [0.3, 0.4) is 0 Å². The summed E-state index contributed by atoms with van der Waals surface area (Å²) in [6, 6.07) is 20.2. The Hall–Kier alpha value is -4.27. The Morgan fingerprint density at radius 2 is 1.71 bits per heavy atom. The summed E-state index contributed by atoms with van der Waals surface area (Å²) >= 11 is 0. The molecule has 0 saturated heterocycles. The van der Waals surface area contributed by atoms with Gasteiger partial charge in [0.25, 0.3) is 0 Å². The van der Waals surface area contributed by atoms with Crippen LogP contribution in [0.1, 0.15) is 34.7 Å². The van der Waals surface area contributed by atoms with Crippen LogP contribution in [0.4, 0.5) is 14.5 Å². The van der Waals surface area contributed by atoms with Gasteiger partial charge in [-0.1, -0.05) is 36.4 Å².